The van der Waals surface area contributed by atoms with Gasteiger partial charge in [-0.25, -0.2) is 14.4 Å². The van der Waals surface area contributed by atoms with E-state index in [4.69, 9.17) is 42.6 Å². The number of carbonyl (C=O) groups excluding carboxylic acids is 3. The molecule has 4 rings (SSSR count). The number of benzene rings is 4. The second kappa shape index (κ2) is 27.9. The van der Waals surface area contributed by atoms with Gasteiger partial charge in [-0.15, -0.1) is 0 Å². The molecule has 0 atom stereocenters. The molecule has 0 spiro atoms. The predicted octanol–water partition coefficient (Wildman–Crippen LogP) is 11.3. The summed E-state index contributed by atoms with van der Waals surface area (Å²) in [5, 5.41) is 4.43. The fourth-order valence-corrected chi connectivity index (χ4v) is 7.07. The zero-order valence-electron chi connectivity index (χ0n) is 37.6. The van der Waals surface area contributed by atoms with Crippen molar-refractivity contribution in [2.24, 2.45) is 0 Å². The Labute approximate surface area is 372 Å². The molecule has 0 unspecified atom stereocenters. The number of unbranched alkanes of at least 4 members (excludes halogenated alkanes) is 9. The van der Waals surface area contributed by atoms with Crippen LogP contribution in [0.15, 0.2) is 74.4 Å². The molecule has 12 nitrogen and oxygen atoms in total. The molecule has 0 aromatic heterocycles. The monoisotopic (exact) mass is 870 g/mol. The molecule has 63 heavy (non-hydrogen) atoms. The van der Waals surface area contributed by atoms with E-state index in [0.717, 1.165) is 111 Å². The summed E-state index contributed by atoms with van der Waals surface area (Å²) in [6, 6.07) is 11.8. The van der Waals surface area contributed by atoms with E-state index in [1.807, 2.05) is 30.3 Å². The minimum absolute atomic E-state index is 0.00923. The molecule has 0 aliphatic heterocycles. The van der Waals surface area contributed by atoms with Gasteiger partial charge < -0.3 is 42.6 Å². The molecule has 0 radical (unpaired) electrons. The van der Waals surface area contributed by atoms with Gasteiger partial charge in [0.05, 0.1) is 19.8 Å². The van der Waals surface area contributed by atoms with Crippen LogP contribution in [0.5, 0.6) is 34.5 Å². The van der Waals surface area contributed by atoms with E-state index in [1.165, 1.54) is 0 Å². The molecule has 4 aromatic rings. The highest BCUT2D eigenvalue weighted by molar-refractivity contribution is 6.31. The van der Waals surface area contributed by atoms with Gasteiger partial charge in [0.1, 0.15) is 39.6 Å². The molecule has 342 valence electrons. The quantitative estimate of drug-likeness (QED) is 0.0148. The molecule has 0 aliphatic rings. The lowest BCUT2D eigenvalue weighted by Gasteiger charge is -2.26. The first-order valence-corrected chi connectivity index (χ1v) is 22.5. The minimum Gasteiger partial charge on any atom is -0.489 e. The molecule has 0 amide bonds. The summed E-state index contributed by atoms with van der Waals surface area (Å²) >= 11 is 0. The summed E-state index contributed by atoms with van der Waals surface area (Å²) in [6.45, 7) is 17.9. The van der Waals surface area contributed by atoms with Crippen LogP contribution in [-0.4, -0.2) is 77.4 Å². The van der Waals surface area contributed by atoms with Gasteiger partial charge in [0.25, 0.3) is 0 Å². The highest BCUT2D eigenvalue weighted by Gasteiger charge is 2.31. The standard InChI is InChI=1S/C51H66O12/c1-7-13-16-21-28-59-48-45-38-25-20-19-24-37(38)39-26-27-40(55-31-32-56-41(52)10-4)47(62-35-33-57-42(53)11-5)44(39)46(45)49(63-36-34-58-43(54)12-6)51(61-30-23-18-15-9-3)50(48)60-29-22-17-14-8-2/h10-12,19-20,24-27H,4-9,13-18,21-23,28-36H2,1-3H3. The lowest BCUT2D eigenvalue weighted by molar-refractivity contribution is -0.139. The van der Waals surface area contributed by atoms with Crippen LogP contribution in [0.25, 0.3) is 32.3 Å². The van der Waals surface area contributed by atoms with Gasteiger partial charge in [0, 0.05) is 34.4 Å². The molecule has 12 heteroatoms. The Balaban J connectivity index is 2.15. The van der Waals surface area contributed by atoms with Crippen LogP contribution < -0.4 is 28.4 Å². The van der Waals surface area contributed by atoms with Crippen molar-refractivity contribution in [3.8, 4) is 34.5 Å². The summed E-state index contributed by atoms with van der Waals surface area (Å²) in [7, 11) is 0. The topological polar surface area (TPSA) is 134 Å². The summed E-state index contributed by atoms with van der Waals surface area (Å²) in [5.74, 6) is 0.533. The molecule has 0 aliphatic carbocycles. The number of hydrogen-bond acceptors (Lipinski definition) is 12. The second-order valence-electron chi connectivity index (χ2n) is 14.8. The Bertz CT molecular complexity index is 2120. The fraction of sp³-hybridized carbons (Fsp3) is 0.471. The average molecular weight is 871 g/mol. The van der Waals surface area contributed by atoms with E-state index in [2.05, 4.69) is 40.5 Å². The Hall–Kier alpha value is -5.91. The molecule has 0 bridgehead atoms. The van der Waals surface area contributed by atoms with Gasteiger partial charge in [-0.3, -0.25) is 0 Å². The van der Waals surface area contributed by atoms with Crippen molar-refractivity contribution in [1.29, 1.82) is 0 Å². The molecule has 0 fully saturated rings. The van der Waals surface area contributed by atoms with E-state index in [9.17, 15) is 14.4 Å². The highest BCUT2D eigenvalue weighted by Crippen LogP contribution is 2.57. The predicted molar refractivity (Wildman–Crippen MR) is 248 cm³/mol. The molecule has 4 aromatic carbocycles. The first kappa shape index (κ1) is 49.7. The summed E-state index contributed by atoms with van der Waals surface area (Å²) in [6.07, 6.45) is 15.1. The number of rotatable bonds is 33. The fourth-order valence-electron chi connectivity index (χ4n) is 7.07. The third-order valence-corrected chi connectivity index (χ3v) is 10.1. The summed E-state index contributed by atoms with van der Waals surface area (Å²) in [4.78, 5) is 36.2. The number of fused-ring (bicyclic) bond motifs is 6. The van der Waals surface area contributed by atoms with E-state index in [-0.39, 0.29) is 39.6 Å². The Morgan fingerprint density at radius 3 is 1.25 bits per heavy atom. The van der Waals surface area contributed by atoms with Crippen molar-refractivity contribution in [2.45, 2.75) is 97.8 Å². The van der Waals surface area contributed by atoms with Gasteiger partial charge in [-0.2, -0.15) is 0 Å². The maximum Gasteiger partial charge on any atom is 0.330 e. The summed E-state index contributed by atoms with van der Waals surface area (Å²) in [5.41, 5.74) is 0. The lowest BCUT2D eigenvalue weighted by Crippen LogP contribution is -2.14. The second-order valence-corrected chi connectivity index (χ2v) is 14.8. The molecule has 0 heterocycles. The molecular formula is C51H66O12. The molecular weight excluding hydrogens is 805 g/mol. The Kier molecular flexibility index (Phi) is 22.0. The third-order valence-electron chi connectivity index (χ3n) is 10.1. The minimum atomic E-state index is -0.593. The van der Waals surface area contributed by atoms with Gasteiger partial charge >= 0.3 is 17.9 Å². The number of carbonyl (C=O) groups is 3. The third kappa shape index (κ3) is 14.6. The largest absolute Gasteiger partial charge is 0.489 e. The number of ether oxygens (including phenoxy) is 9. The van der Waals surface area contributed by atoms with Gasteiger partial charge in [-0.1, -0.05) is 123 Å². The zero-order chi connectivity index (χ0) is 45.2. The van der Waals surface area contributed by atoms with Crippen LogP contribution in [0.2, 0.25) is 0 Å². The van der Waals surface area contributed by atoms with Crippen LogP contribution in [0.3, 0.4) is 0 Å². The van der Waals surface area contributed by atoms with Crippen LogP contribution in [0, 0.1) is 0 Å². The maximum atomic E-state index is 12.2. The molecule has 0 saturated heterocycles. The average Bonchev–Trinajstić information content (AvgIpc) is 3.30. The van der Waals surface area contributed by atoms with Crippen molar-refractivity contribution in [3.05, 3.63) is 74.4 Å². The SMILES string of the molecule is C=CC(=O)OCCOc1ccc2c3ccccc3c3c(OCCCCCC)c(OCCCCCC)c(OCCCCCC)c(OCCOC(=O)C=C)c3c2c1OCCOC(=O)C=C. The van der Waals surface area contributed by atoms with E-state index in [1.54, 1.807) is 6.07 Å². The van der Waals surface area contributed by atoms with Gasteiger partial charge in [0.2, 0.25) is 11.5 Å². The normalized spacial score (nSPS) is 10.9. The summed E-state index contributed by atoms with van der Waals surface area (Å²) < 4.78 is 56.1. The maximum absolute atomic E-state index is 12.2. The Morgan fingerprint density at radius 1 is 0.397 bits per heavy atom. The van der Waals surface area contributed by atoms with Crippen LogP contribution in [0.4, 0.5) is 0 Å². The van der Waals surface area contributed by atoms with Crippen molar-refractivity contribution in [1.82, 2.24) is 0 Å². The van der Waals surface area contributed by atoms with Crippen LogP contribution >= 0.6 is 0 Å². The van der Waals surface area contributed by atoms with Crippen molar-refractivity contribution in [3.63, 3.8) is 0 Å². The van der Waals surface area contributed by atoms with Crippen LogP contribution in [0.1, 0.15) is 97.8 Å². The smallest absolute Gasteiger partial charge is 0.330 e. The van der Waals surface area contributed by atoms with Crippen molar-refractivity contribution >= 4 is 50.2 Å². The number of hydrogen-bond donors (Lipinski definition) is 0. The van der Waals surface area contributed by atoms with Crippen molar-refractivity contribution < 1.29 is 57.0 Å². The Morgan fingerprint density at radius 2 is 0.778 bits per heavy atom. The highest BCUT2D eigenvalue weighted by atomic mass is 16.6. The van der Waals surface area contributed by atoms with Crippen molar-refractivity contribution in [2.75, 3.05) is 59.5 Å². The van der Waals surface area contributed by atoms with Crippen LogP contribution in [-0.2, 0) is 28.6 Å². The first-order valence-electron chi connectivity index (χ1n) is 22.5. The molecule has 0 saturated carbocycles. The van der Waals surface area contributed by atoms with Gasteiger partial charge in [0.15, 0.2) is 23.0 Å². The number of esters is 3. The lowest BCUT2D eigenvalue weighted by atomic mass is 9.91. The zero-order valence-corrected chi connectivity index (χ0v) is 37.6. The van der Waals surface area contributed by atoms with Gasteiger partial charge in [-0.05, 0) is 47.6 Å². The van der Waals surface area contributed by atoms with E-state index < -0.39 is 17.9 Å². The first-order chi connectivity index (χ1) is 30.8. The molecule has 0 N–H and O–H groups in total. The van der Waals surface area contributed by atoms with E-state index >= 15 is 0 Å². The van der Waals surface area contributed by atoms with E-state index in [0.29, 0.717) is 70.5 Å².